The number of rotatable bonds is 8. The van der Waals surface area contributed by atoms with Crippen LogP contribution in [0.15, 0.2) is 0 Å². The molecule has 30 heteroatoms. The maximum atomic E-state index is 10.8. The summed E-state index contributed by atoms with van der Waals surface area (Å²) < 4.78 is 57.8. The van der Waals surface area contributed by atoms with Gasteiger partial charge in [0.2, 0.25) is 0 Å². The van der Waals surface area contributed by atoms with E-state index >= 15 is 0 Å². The number of hydrogen-bond acceptors (Lipinski definition) is 18. The maximum absolute atomic E-state index is 10.8. The molecule has 0 bridgehead atoms. The molecule has 0 heterocycles. The molecule has 1 fully saturated rings. The molecule has 6 atom stereocenters. The van der Waals surface area contributed by atoms with E-state index in [1.54, 1.807) is 0 Å². The minimum absolute atomic E-state index is 0. The summed E-state index contributed by atoms with van der Waals surface area (Å²) in [6, 6.07) is 0. The molecule has 0 aromatic heterocycles. The Morgan fingerprint density at radius 1 is 0.389 bits per heavy atom. The molecule has 1 aliphatic rings. The normalized spacial score (nSPS) is 25.7. The Hall–Kier alpha value is 0.0400. The number of aliphatic hydroxyl groups is 2. The van der Waals surface area contributed by atoms with Crippen molar-refractivity contribution in [2.75, 3.05) is 0 Å². The molecule has 1 aliphatic carbocycles. The van der Waals surface area contributed by atoms with Crippen molar-refractivity contribution in [2.45, 2.75) is 36.6 Å². The quantitative estimate of drug-likeness (QED) is 0.111. The van der Waals surface area contributed by atoms with E-state index in [0.29, 0.717) is 0 Å². The van der Waals surface area contributed by atoms with Gasteiger partial charge in [0.1, 0.15) is 36.6 Å². The van der Waals surface area contributed by atoms with Gasteiger partial charge < -0.3 is 135 Å². The molecular formula is C6H40N8O18P4. The third-order valence-electron chi connectivity index (χ3n) is 3.00. The van der Waals surface area contributed by atoms with Crippen LogP contribution >= 0.6 is 31.3 Å². The van der Waals surface area contributed by atoms with Crippen molar-refractivity contribution in [1.29, 1.82) is 0 Å². The van der Waals surface area contributed by atoms with Gasteiger partial charge in [-0.05, 0) is 0 Å². The van der Waals surface area contributed by atoms with E-state index in [4.69, 9.17) is 0 Å². The fourth-order valence-electron chi connectivity index (χ4n) is 2.24. The summed E-state index contributed by atoms with van der Waals surface area (Å²) in [5, 5.41) is 19.7. The molecule has 1 saturated carbocycles. The Morgan fingerprint density at radius 3 is 0.750 bits per heavy atom. The molecule has 0 spiro atoms. The molecule has 0 saturated heterocycles. The molecular weight excluding hydrogens is 596 g/mol. The second-order valence-electron chi connectivity index (χ2n) is 5.05. The summed E-state index contributed by atoms with van der Waals surface area (Å²) >= 11 is 0. The predicted octanol–water partition coefficient (Wildman–Crippen LogP) is -5.41. The lowest BCUT2D eigenvalue weighted by Crippen LogP contribution is -2.66. The Morgan fingerprint density at radius 2 is 0.556 bits per heavy atom. The van der Waals surface area contributed by atoms with Gasteiger partial charge in [-0.15, -0.1) is 0 Å². The molecule has 34 N–H and O–H groups in total. The number of hydrogen-bond donors (Lipinski definition) is 10. The zero-order valence-corrected chi connectivity index (χ0v) is 24.3. The third kappa shape index (κ3) is 19.2. The largest absolute Gasteiger partial charge is 0.790 e. The molecule has 1 rings (SSSR count). The average molecular weight is 636 g/mol. The van der Waals surface area contributed by atoms with E-state index in [9.17, 15) is 67.6 Å². The van der Waals surface area contributed by atoms with Gasteiger partial charge in [0, 0.05) is 0 Å². The van der Waals surface area contributed by atoms with E-state index in [1.165, 1.54) is 0 Å². The van der Waals surface area contributed by atoms with Crippen molar-refractivity contribution in [3.05, 3.63) is 0 Å². The Bertz CT molecular complexity index is 716. The fourth-order valence-corrected chi connectivity index (χ4v) is 4.41. The molecule has 0 amide bonds. The summed E-state index contributed by atoms with van der Waals surface area (Å²) in [5.41, 5.74) is 0. The van der Waals surface area contributed by atoms with Crippen LogP contribution in [0.25, 0.3) is 0 Å². The van der Waals surface area contributed by atoms with Crippen LogP contribution in [0.3, 0.4) is 0 Å². The molecule has 232 valence electrons. The second kappa shape index (κ2) is 19.2. The van der Waals surface area contributed by atoms with Crippen molar-refractivity contribution >= 4 is 31.3 Å². The number of quaternary nitrogens is 8. The highest BCUT2D eigenvalue weighted by Crippen LogP contribution is 2.46. The first-order valence-corrected chi connectivity index (χ1v) is 12.2. The van der Waals surface area contributed by atoms with E-state index < -0.39 is 67.9 Å². The van der Waals surface area contributed by atoms with E-state index in [1.807, 2.05) is 0 Å². The molecule has 0 radical (unpaired) electrons. The SMILES string of the molecule is O=P([O-])([O-])OC1[C@@H](O)[C@H](OP(=O)([O-])[O-])C(OP(=O)([O-])[O-])[C@H](OP(=O)([O-])[O-])[C@@H]1O.[NH4+].[NH4+].[NH4+].[NH4+].[NH4+].[NH4+].[NH4+].[NH4+]. The van der Waals surface area contributed by atoms with Gasteiger partial charge in [-0.2, -0.15) is 0 Å². The first-order valence-electron chi connectivity index (χ1n) is 6.38. The van der Waals surface area contributed by atoms with Crippen molar-refractivity contribution in [2.24, 2.45) is 0 Å². The number of phosphoric ester groups is 4. The molecule has 0 aromatic carbocycles. The van der Waals surface area contributed by atoms with Crippen LogP contribution in [0.2, 0.25) is 0 Å². The van der Waals surface area contributed by atoms with Crippen LogP contribution in [-0.2, 0) is 36.4 Å². The summed E-state index contributed by atoms with van der Waals surface area (Å²) in [6.45, 7) is 0. The molecule has 26 nitrogen and oxygen atoms in total. The first kappa shape index (κ1) is 56.3. The van der Waals surface area contributed by atoms with Gasteiger partial charge in [-0.25, -0.2) is 0 Å². The first-order chi connectivity index (χ1) is 12.2. The highest BCUT2D eigenvalue weighted by Gasteiger charge is 2.54. The van der Waals surface area contributed by atoms with E-state index in [-0.39, 0.29) is 49.2 Å². The Balaban J connectivity index is -0.000000163. The minimum atomic E-state index is -6.24. The lowest BCUT2D eigenvalue weighted by Gasteiger charge is -2.53. The summed E-state index contributed by atoms with van der Waals surface area (Å²) in [5.74, 6) is 0. The van der Waals surface area contributed by atoms with Crippen LogP contribution in [-0.4, -0.2) is 46.8 Å². The predicted molar refractivity (Wildman–Crippen MR) is 110 cm³/mol. The van der Waals surface area contributed by atoms with Crippen LogP contribution in [0.1, 0.15) is 0 Å². The van der Waals surface area contributed by atoms with Gasteiger partial charge >= 0.3 is 0 Å². The second-order valence-corrected chi connectivity index (χ2v) is 9.47. The monoisotopic (exact) mass is 636 g/mol. The smallest absolute Gasteiger partial charge is 0.121 e. The van der Waals surface area contributed by atoms with Crippen molar-refractivity contribution in [3.63, 3.8) is 0 Å². The van der Waals surface area contributed by atoms with Crippen molar-refractivity contribution in [3.8, 4) is 0 Å². The summed E-state index contributed by atoms with van der Waals surface area (Å²) in [4.78, 5) is 86.1. The van der Waals surface area contributed by atoms with Gasteiger partial charge in [0.15, 0.2) is 0 Å². The lowest BCUT2D eigenvalue weighted by molar-refractivity contribution is -0.377. The van der Waals surface area contributed by atoms with Crippen molar-refractivity contribution in [1.82, 2.24) is 49.2 Å². The average Bonchev–Trinajstić information content (AvgIpc) is 2.39. The summed E-state index contributed by atoms with van der Waals surface area (Å²) in [6.07, 6.45) is -17.6. The molecule has 2 unspecified atom stereocenters. The van der Waals surface area contributed by atoms with E-state index in [2.05, 4.69) is 18.1 Å². The molecule has 0 aliphatic heterocycles. The minimum Gasteiger partial charge on any atom is -0.790 e. The molecule has 0 aromatic rings. The van der Waals surface area contributed by atoms with Gasteiger partial charge in [-0.1, -0.05) is 0 Å². The van der Waals surface area contributed by atoms with Crippen LogP contribution < -0.4 is 88.4 Å². The zero-order valence-electron chi connectivity index (χ0n) is 20.7. The topological polar surface area (TPSA) is 622 Å². The molecule has 36 heavy (non-hydrogen) atoms. The van der Waals surface area contributed by atoms with Crippen LogP contribution in [0.5, 0.6) is 0 Å². The summed E-state index contributed by atoms with van der Waals surface area (Å²) in [7, 11) is -24.8. The lowest BCUT2D eigenvalue weighted by atomic mass is 9.85. The van der Waals surface area contributed by atoms with Crippen LogP contribution in [0, 0.1) is 0 Å². The third-order valence-corrected chi connectivity index (χ3v) is 5.00. The fraction of sp³-hybridized carbons (Fsp3) is 1.00. The van der Waals surface area contributed by atoms with Crippen LogP contribution in [0.4, 0.5) is 0 Å². The van der Waals surface area contributed by atoms with Crippen molar-refractivity contribution < 1.29 is 85.7 Å². The highest BCUT2D eigenvalue weighted by atomic mass is 31.2. The zero-order chi connectivity index (χ0) is 22.3. The van der Waals surface area contributed by atoms with Gasteiger partial charge in [0.25, 0.3) is 0 Å². The standard InChI is InChI=1S/C6H16O18P4.8H3N/c7-1-3(21-25(9,10)11)2(8)5(23-27(15,16)17)6(24-28(18,19)20)4(1)22-26(12,13)14;;;;;;;;/h1-8H,(H2,9,10,11)(H2,12,13,14)(H2,15,16,17)(H2,18,19,20);8*1H3/t1-,2-,3?,4-,5+,6?;;;;;;;;/m1......../s1. The number of aliphatic hydroxyl groups excluding tert-OH is 2. The Labute approximate surface area is 203 Å². The van der Waals surface area contributed by atoms with E-state index in [0.717, 1.165) is 0 Å². The highest BCUT2D eigenvalue weighted by molar-refractivity contribution is 7.44. The van der Waals surface area contributed by atoms with Gasteiger partial charge in [-0.3, -0.25) is 0 Å². The van der Waals surface area contributed by atoms with Gasteiger partial charge in [0.05, 0.1) is 31.3 Å². The number of phosphoric acid groups is 4. The Kier molecular flexibility index (Phi) is 29.9. The maximum Gasteiger partial charge on any atom is 0.121 e.